The molecule has 3 nitrogen and oxygen atoms in total. The first-order valence-electron chi connectivity index (χ1n) is 7.60. The van der Waals surface area contributed by atoms with Crippen molar-refractivity contribution in [2.45, 2.75) is 13.0 Å². The van der Waals surface area contributed by atoms with E-state index in [-0.39, 0.29) is 24.0 Å². The van der Waals surface area contributed by atoms with E-state index < -0.39 is 17.5 Å². The summed E-state index contributed by atoms with van der Waals surface area (Å²) in [5.74, 6) is -3.11. The molecule has 2 aromatic rings. The predicted molar refractivity (Wildman–Crippen MR) is 105 cm³/mol. The fraction of sp³-hybridized carbons (Fsp3) is 0.278. The minimum atomic E-state index is -1.44. The molecule has 0 radical (unpaired) electrons. The van der Waals surface area contributed by atoms with Crippen LogP contribution in [0.2, 0.25) is 0 Å². The Bertz CT molecular complexity index is 683. The first-order chi connectivity index (χ1) is 11.5. The third-order valence-corrected chi connectivity index (χ3v) is 3.42. The summed E-state index contributed by atoms with van der Waals surface area (Å²) >= 11 is 0. The molecule has 0 unspecified atom stereocenters. The van der Waals surface area contributed by atoms with Crippen LogP contribution < -0.4 is 5.32 Å². The van der Waals surface area contributed by atoms with E-state index in [1.807, 2.05) is 49.3 Å². The number of nitrogens with one attached hydrogen (secondary N) is 1. The summed E-state index contributed by atoms with van der Waals surface area (Å²) < 4.78 is 39.3. The van der Waals surface area contributed by atoms with Gasteiger partial charge in [-0.2, -0.15) is 0 Å². The molecule has 0 atom stereocenters. The first-order valence-corrected chi connectivity index (χ1v) is 7.60. The third-order valence-electron chi connectivity index (χ3n) is 3.42. The average molecular weight is 463 g/mol. The number of hydrogen-bond acceptors (Lipinski definition) is 1. The van der Waals surface area contributed by atoms with Crippen LogP contribution in [-0.2, 0) is 13.0 Å². The van der Waals surface area contributed by atoms with E-state index >= 15 is 0 Å². The van der Waals surface area contributed by atoms with Gasteiger partial charge in [-0.3, -0.25) is 0 Å². The topological polar surface area (TPSA) is 27.6 Å². The zero-order valence-electron chi connectivity index (χ0n) is 14.1. The zero-order chi connectivity index (χ0) is 17.5. The van der Waals surface area contributed by atoms with Crippen LogP contribution in [0.1, 0.15) is 11.1 Å². The highest BCUT2D eigenvalue weighted by Gasteiger charge is 2.10. The lowest BCUT2D eigenvalue weighted by Crippen LogP contribution is -2.37. The van der Waals surface area contributed by atoms with Gasteiger partial charge in [-0.1, -0.05) is 30.3 Å². The van der Waals surface area contributed by atoms with E-state index in [1.165, 1.54) is 0 Å². The zero-order valence-corrected chi connectivity index (χ0v) is 16.4. The second-order valence-corrected chi connectivity index (χ2v) is 5.57. The maximum atomic E-state index is 13.2. The molecule has 0 bridgehead atoms. The summed E-state index contributed by atoms with van der Waals surface area (Å²) in [6.07, 6.45) is 0.353. The molecular formula is C18H21F3IN3. The third kappa shape index (κ3) is 6.56. The van der Waals surface area contributed by atoms with Gasteiger partial charge in [0.25, 0.3) is 0 Å². The minimum absolute atomic E-state index is 0. The molecule has 0 spiro atoms. The first kappa shape index (κ1) is 21.3. The van der Waals surface area contributed by atoms with Crippen molar-refractivity contribution in [3.05, 3.63) is 71.0 Å². The quantitative estimate of drug-likeness (QED) is 0.315. The fourth-order valence-corrected chi connectivity index (χ4v) is 2.18. The minimum Gasteiger partial charge on any atom is -0.356 e. The number of halogens is 4. The van der Waals surface area contributed by atoms with E-state index in [1.54, 1.807) is 0 Å². The molecule has 2 rings (SSSR count). The summed E-state index contributed by atoms with van der Waals surface area (Å²) in [4.78, 5) is 6.33. The second-order valence-electron chi connectivity index (χ2n) is 5.57. The van der Waals surface area contributed by atoms with Crippen LogP contribution in [0.3, 0.4) is 0 Å². The average Bonchev–Trinajstić information content (AvgIpc) is 2.56. The summed E-state index contributed by atoms with van der Waals surface area (Å²) in [6, 6.07) is 11.8. The molecule has 0 aliphatic heterocycles. The largest absolute Gasteiger partial charge is 0.356 e. The molecule has 7 heteroatoms. The fourth-order valence-electron chi connectivity index (χ4n) is 2.18. The number of hydrogen-bond donors (Lipinski definition) is 1. The van der Waals surface area contributed by atoms with Crippen LogP contribution in [0, 0.1) is 17.5 Å². The van der Waals surface area contributed by atoms with Gasteiger partial charge in [0.2, 0.25) is 0 Å². The van der Waals surface area contributed by atoms with Gasteiger partial charge in [0.1, 0.15) is 0 Å². The molecule has 0 fully saturated rings. The number of guanidine groups is 1. The Balaban J connectivity index is 0.00000312. The lowest BCUT2D eigenvalue weighted by Gasteiger charge is -2.17. The molecule has 0 aliphatic rings. The lowest BCUT2D eigenvalue weighted by atomic mass is 10.1. The number of aliphatic imine (C=N–C) groups is 1. The van der Waals surface area contributed by atoms with Gasteiger partial charge >= 0.3 is 0 Å². The van der Waals surface area contributed by atoms with E-state index in [4.69, 9.17) is 0 Å². The molecule has 0 aromatic heterocycles. The van der Waals surface area contributed by atoms with E-state index in [0.717, 1.165) is 17.7 Å². The Kier molecular flexibility index (Phi) is 8.74. The van der Waals surface area contributed by atoms with E-state index in [0.29, 0.717) is 31.0 Å². The van der Waals surface area contributed by atoms with Crippen molar-refractivity contribution in [1.82, 2.24) is 10.2 Å². The molecular weight excluding hydrogens is 442 g/mol. The van der Waals surface area contributed by atoms with E-state index in [2.05, 4.69) is 10.3 Å². The van der Waals surface area contributed by atoms with Crippen molar-refractivity contribution in [2.75, 3.05) is 20.6 Å². The highest BCUT2D eigenvalue weighted by molar-refractivity contribution is 14.0. The molecule has 25 heavy (non-hydrogen) atoms. The molecule has 1 N–H and O–H groups in total. The summed E-state index contributed by atoms with van der Waals surface area (Å²) in [5, 5.41) is 3.13. The van der Waals surface area contributed by atoms with Gasteiger partial charge in [-0.25, -0.2) is 18.2 Å². The van der Waals surface area contributed by atoms with Crippen molar-refractivity contribution in [3.63, 3.8) is 0 Å². The van der Waals surface area contributed by atoms with Crippen LogP contribution in [0.5, 0.6) is 0 Å². The van der Waals surface area contributed by atoms with Crippen molar-refractivity contribution in [1.29, 1.82) is 0 Å². The van der Waals surface area contributed by atoms with Crippen LogP contribution in [0.4, 0.5) is 13.2 Å². The second kappa shape index (κ2) is 10.3. The summed E-state index contributed by atoms with van der Waals surface area (Å²) in [6.45, 7) is 0.956. The van der Waals surface area contributed by atoms with Gasteiger partial charge in [0, 0.05) is 20.6 Å². The van der Waals surface area contributed by atoms with Gasteiger partial charge in [0.05, 0.1) is 6.54 Å². The van der Waals surface area contributed by atoms with Crippen molar-refractivity contribution in [2.24, 2.45) is 4.99 Å². The highest BCUT2D eigenvalue weighted by atomic mass is 127. The van der Waals surface area contributed by atoms with Crippen LogP contribution in [0.25, 0.3) is 0 Å². The molecule has 136 valence electrons. The highest BCUT2D eigenvalue weighted by Crippen LogP contribution is 2.13. The van der Waals surface area contributed by atoms with Crippen molar-refractivity contribution in [3.8, 4) is 0 Å². The van der Waals surface area contributed by atoms with Crippen molar-refractivity contribution >= 4 is 29.9 Å². The Labute approximate surface area is 163 Å². The molecule has 0 saturated carbocycles. The molecule has 0 saturated heterocycles. The maximum Gasteiger partial charge on any atom is 0.194 e. The Morgan fingerprint density at radius 3 is 2.16 bits per heavy atom. The normalized spacial score (nSPS) is 11.0. The number of nitrogens with zero attached hydrogens (tertiary/aromatic N) is 2. The smallest absolute Gasteiger partial charge is 0.194 e. The monoisotopic (exact) mass is 463 g/mol. The molecule has 2 aromatic carbocycles. The van der Waals surface area contributed by atoms with Gasteiger partial charge in [-0.15, -0.1) is 24.0 Å². The SMILES string of the molecule is CN(C)C(=NCc1ccccc1)NCCc1cc(F)c(F)c(F)c1.I. The standard InChI is InChI=1S/C18H20F3N3.HI/c1-24(2)18(23-12-13-6-4-3-5-7-13)22-9-8-14-10-15(19)17(21)16(20)11-14;/h3-7,10-11H,8-9,12H2,1-2H3,(H,22,23);1H. The van der Waals surface area contributed by atoms with E-state index in [9.17, 15) is 13.2 Å². The Morgan fingerprint density at radius 1 is 1.00 bits per heavy atom. The van der Waals surface area contributed by atoms with Gasteiger partial charge < -0.3 is 10.2 Å². The van der Waals surface area contributed by atoms with Gasteiger partial charge in [-0.05, 0) is 29.7 Å². The lowest BCUT2D eigenvalue weighted by molar-refractivity contribution is 0.445. The number of benzene rings is 2. The molecule has 0 aliphatic carbocycles. The maximum absolute atomic E-state index is 13.2. The van der Waals surface area contributed by atoms with Crippen LogP contribution in [-0.4, -0.2) is 31.5 Å². The molecule has 0 amide bonds. The van der Waals surface area contributed by atoms with Crippen LogP contribution in [0.15, 0.2) is 47.5 Å². The summed E-state index contributed by atoms with van der Waals surface area (Å²) in [5.41, 5.74) is 1.47. The summed E-state index contributed by atoms with van der Waals surface area (Å²) in [7, 11) is 3.71. The van der Waals surface area contributed by atoms with Gasteiger partial charge in [0.15, 0.2) is 23.4 Å². The molecule has 0 heterocycles. The Morgan fingerprint density at radius 2 is 1.60 bits per heavy atom. The predicted octanol–water partition coefficient (Wildman–Crippen LogP) is 3.97. The van der Waals surface area contributed by atoms with Crippen molar-refractivity contribution < 1.29 is 13.2 Å². The Hall–Kier alpha value is -1.77. The van der Waals surface area contributed by atoms with Crippen LogP contribution >= 0.6 is 24.0 Å². The number of rotatable bonds is 5.